The highest BCUT2D eigenvalue weighted by Gasteiger charge is 2.17. The van der Waals surface area contributed by atoms with Gasteiger partial charge in [0.15, 0.2) is 5.13 Å². The van der Waals surface area contributed by atoms with E-state index in [1.165, 1.54) is 16.0 Å². The van der Waals surface area contributed by atoms with E-state index in [2.05, 4.69) is 72.2 Å². The Balaban J connectivity index is 1.63. The van der Waals surface area contributed by atoms with E-state index in [0.717, 1.165) is 21.3 Å². The zero-order valence-corrected chi connectivity index (χ0v) is 18.5. The normalized spacial score (nSPS) is 10.9. The van der Waals surface area contributed by atoms with Crippen molar-refractivity contribution in [2.24, 2.45) is 0 Å². The average Bonchev–Trinajstić information content (AvgIpc) is 3.39. The highest BCUT2D eigenvalue weighted by atomic mass is 32.1. The molecule has 0 fully saturated rings. The summed E-state index contributed by atoms with van der Waals surface area (Å²) in [6.07, 6.45) is 0. The molecule has 146 valence electrons. The van der Waals surface area contributed by atoms with Crippen LogP contribution >= 0.6 is 34.9 Å². The number of hydrogen-bond acceptors (Lipinski definition) is 6. The van der Waals surface area contributed by atoms with Crippen LogP contribution in [0.2, 0.25) is 0 Å². The summed E-state index contributed by atoms with van der Waals surface area (Å²) in [4.78, 5) is 7.00. The van der Waals surface area contributed by atoms with Crippen molar-refractivity contribution >= 4 is 45.1 Å². The molecular weight excluding hydrogens is 416 g/mol. The fourth-order valence-electron chi connectivity index (χ4n) is 3.17. The summed E-state index contributed by atoms with van der Waals surface area (Å²) in [6, 6.07) is 23.0. The SMILES string of the molecule is COC(=S)c1cc(-c2csc(NC(c3ccccc3)c3ccccc3)n2)c(C)s1. The van der Waals surface area contributed by atoms with Crippen LogP contribution in [0.5, 0.6) is 0 Å². The van der Waals surface area contributed by atoms with E-state index in [9.17, 15) is 0 Å². The van der Waals surface area contributed by atoms with Gasteiger partial charge in [-0.15, -0.1) is 22.7 Å². The van der Waals surface area contributed by atoms with Gasteiger partial charge in [0, 0.05) is 15.8 Å². The smallest absolute Gasteiger partial charge is 0.201 e. The van der Waals surface area contributed by atoms with Crippen LogP contribution in [0.4, 0.5) is 5.13 Å². The molecule has 4 rings (SSSR count). The van der Waals surface area contributed by atoms with E-state index >= 15 is 0 Å². The molecule has 0 radical (unpaired) electrons. The molecule has 0 bridgehead atoms. The van der Waals surface area contributed by atoms with Crippen LogP contribution in [0.3, 0.4) is 0 Å². The van der Waals surface area contributed by atoms with E-state index in [1.54, 1.807) is 29.8 Å². The number of thiocarbonyl (C=S) groups is 1. The highest BCUT2D eigenvalue weighted by molar-refractivity contribution is 7.80. The molecule has 1 N–H and O–H groups in total. The van der Waals surface area contributed by atoms with Gasteiger partial charge in [-0.05, 0) is 36.3 Å². The molecule has 4 aromatic rings. The number of aromatic nitrogens is 1. The predicted octanol–water partition coefficient (Wildman–Crippen LogP) is 6.70. The maximum Gasteiger partial charge on any atom is 0.201 e. The number of thiazole rings is 1. The van der Waals surface area contributed by atoms with Gasteiger partial charge in [0.05, 0.1) is 23.7 Å². The Morgan fingerprint density at radius 2 is 1.66 bits per heavy atom. The largest absolute Gasteiger partial charge is 0.486 e. The minimum absolute atomic E-state index is 0.0385. The van der Waals surface area contributed by atoms with Gasteiger partial charge >= 0.3 is 0 Å². The van der Waals surface area contributed by atoms with Gasteiger partial charge < -0.3 is 10.1 Å². The summed E-state index contributed by atoms with van der Waals surface area (Å²) in [5.41, 5.74) is 4.46. The van der Waals surface area contributed by atoms with Crippen molar-refractivity contribution in [1.29, 1.82) is 0 Å². The first-order valence-corrected chi connectivity index (χ1v) is 11.3. The number of hydrogen-bond donors (Lipinski definition) is 1. The van der Waals surface area contributed by atoms with Crippen molar-refractivity contribution in [2.45, 2.75) is 13.0 Å². The Hall–Kier alpha value is -2.54. The molecule has 0 amide bonds. The van der Waals surface area contributed by atoms with E-state index in [-0.39, 0.29) is 6.04 Å². The topological polar surface area (TPSA) is 34.1 Å². The Kier molecular flexibility index (Phi) is 6.04. The fourth-order valence-corrected chi connectivity index (χ4v) is 5.05. The number of ether oxygens (including phenoxy) is 1. The number of nitrogens with one attached hydrogen (secondary N) is 1. The van der Waals surface area contributed by atoms with Crippen molar-refractivity contribution in [3.63, 3.8) is 0 Å². The van der Waals surface area contributed by atoms with Crippen LogP contribution in [0.25, 0.3) is 11.3 Å². The zero-order valence-electron chi connectivity index (χ0n) is 16.1. The summed E-state index contributed by atoms with van der Waals surface area (Å²) < 4.78 is 5.21. The van der Waals surface area contributed by atoms with Crippen LogP contribution in [0, 0.1) is 6.92 Å². The summed E-state index contributed by atoms with van der Waals surface area (Å²) >= 11 is 8.52. The minimum Gasteiger partial charge on any atom is -0.486 e. The molecule has 0 spiro atoms. The first kappa shape index (κ1) is 19.8. The monoisotopic (exact) mass is 436 g/mol. The van der Waals surface area contributed by atoms with Crippen molar-refractivity contribution in [3.05, 3.63) is 93.0 Å². The summed E-state index contributed by atoms with van der Waals surface area (Å²) in [5.74, 6) is 0. The number of rotatable bonds is 6. The van der Waals surface area contributed by atoms with Gasteiger partial charge in [-0.1, -0.05) is 60.7 Å². The number of anilines is 1. The van der Waals surface area contributed by atoms with Crippen molar-refractivity contribution in [3.8, 4) is 11.3 Å². The van der Waals surface area contributed by atoms with E-state index in [1.807, 2.05) is 12.1 Å². The third kappa shape index (κ3) is 4.40. The highest BCUT2D eigenvalue weighted by Crippen LogP contribution is 2.35. The first-order valence-electron chi connectivity index (χ1n) is 9.17. The molecular formula is C23H20N2OS3. The molecule has 0 aliphatic heterocycles. The molecule has 0 saturated heterocycles. The Morgan fingerprint density at radius 1 is 1.03 bits per heavy atom. The third-order valence-electron chi connectivity index (χ3n) is 4.62. The number of nitrogens with zero attached hydrogens (tertiary/aromatic N) is 1. The summed E-state index contributed by atoms with van der Waals surface area (Å²) in [7, 11) is 1.61. The number of thiophene rings is 1. The van der Waals surface area contributed by atoms with Gasteiger partial charge in [-0.25, -0.2) is 4.98 Å². The minimum atomic E-state index is 0.0385. The van der Waals surface area contributed by atoms with Crippen LogP contribution in [-0.2, 0) is 4.74 Å². The second kappa shape index (κ2) is 8.86. The standard InChI is InChI=1S/C23H20N2OS3/c1-15-18(13-20(29-15)22(27)26-2)19-14-28-23(24-19)25-21(16-9-5-3-6-10-16)17-11-7-4-8-12-17/h3-14,21H,1-2H3,(H,24,25). The molecule has 29 heavy (non-hydrogen) atoms. The number of methoxy groups -OCH3 is 1. The Bertz CT molecular complexity index is 1060. The van der Waals surface area contributed by atoms with Gasteiger partial charge in [-0.3, -0.25) is 0 Å². The lowest BCUT2D eigenvalue weighted by molar-refractivity contribution is 0.417. The molecule has 2 aromatic heterocycles. The molecule has 0 aliphatic rings. The number of benzene rings is 2. The molecule has 6 heteroatoms. The second-order valence-corrected chi connectivity index (χ2v) is 8.99. The maximum absolute atomic E-state index is 5.27. The van der Waals surface area contributed by atoms with Crippen LogP contribution in [0.1, 0.15) is 26.9 Å². The van der Waals surface area contributed by atoms with Gasteiger partial charge in [0.1, 0.15) is 0 Å². The number of aryl methyl sites for hydroxylation is 1. The molecule has 2 heterocycles. The molecule has 0 aliphatic carbocycles. The third-order valence-corrected chi connectivity index (χ3v) is 6.96. The average molecular weight is 437 g/mol. The fraction of sp³-hybridized carbons (Fsp3) is 0.130. The molecule has 0 atom stereocenters. The van der Waals surface area contributed by atoms with Crippen molar-refractivity contribution in [2.75, 3.05) is 12.4 Å². The Morgan fingerprint density at radius 3 is 2.24 bits per heavy atom. The van der Waals surface area contributed by atoms with Gasteiger partial charge in [-0.2, -0.15) is 0 Å². The molecule has 2 aromatic carbocycles. The molecule has 3 nitrogen and oxygen atoms in total. The van der Waals surface area contributed by atoms with E-state index in [0.29, 0.717) is 5.05 Å². The maximum atomic E-state index is 5.27. The molecule has 0 unspecified atom stereocenters. The van der Waals surface area contributed by atoms with Crippen LogP contribution in [0.15, 0.2) is 72.1 Å². The second-order valence-electron chi connectivity index (χ2n) is 6.51. The van der Waals surface area contributed by atoms with Crippen LogP contribution < -0.4 is 5.32 Å². The zero-order chi connectivity index (χ0) is 20.2. The lowest BCUT2D eigenvalue weighted by atomic mass is 9.99. The summed E-state index contributed by atoms with van der Waals surface area (Å²) in [5, 5.41) is 7.12. The van der Waals surface area contributed by atoms with Crippen LogP contribution in [-0.4, -0.2) is 17.1 Å². The first-order chi connectivity index (χ1) is 14.2. The van der Waals surface area contributed by atoms with Gasteiger partial charge in [0.25, 0.3) is 0 Å². The lowest BCUT2D eigenvalue weighted by Crippen LogP contribution is -2.12. The van der Waals surface area contributed by atoms with Gasteiger partial charge in [0.2, 0.25) is 5.05 Å². The van der Waals surface area contributed by atoms with Crippen molar-refractivity contribution < 1.29 is 4.74 Å². The summed E-state index contributed by atoms with van der Waals surface area (Å²) in [6.45, 7) is 2.09. The quantitative estimate of drug-likeness (QED) is 0.341. The van der Waals surface area contributed by atoms with Crippen molar-refractivity contribution in [1.82, 2.24) is 4.98 Å². The predicted molar refractivity (Wildman–Crippen MR) is 127 cm³/mol. The Labute approximate surface area is 184 Å². The van der Waals surface area contributed by atoms with E-state index < -0.39 is 0 Å². The molecule has 0 saturated carbocycles. The lowest BCUT2D eigenvalue weighted by Gasteiger charge is -2.19. The van der Waals surface area contributed by atoms with E-state index in [4.69, 9.17) is 21.9 Å².